The third-order valence-electron chi connectivity index (χ3n) is 2.68. The van der Waals surface area contributed by atoms with Crippen LogP contribution >= 0.6 is 0 Å². The average Bonchev–Trinajstić information content (AvgIpc) is 2.38. The summed E-state index contributed by atoms with van der Waals surface area (Å²) in [4.78, 5) is 22.4. The molecule has 0 aromatic heterocycles. The van der Waals surface area contributed by atoms with E-state index in [2.05, 4.69) is 10.6 Å². The average molecular weight is 279 g/mol. The Morgan fingerprint density at radius 3 is 2.65 bits per heavy atom. The second kappa shape index (κ2) is 7.37. The molecular weight excluding hydrogens is 258 g/mol. The van der Waals surface area contributed by atoms with Crippen LogP contribution in [0.2, 0.25) is 0 Å². The van der Waals surface area contributed by atoms with Crippen LogP contribution in [-0.4, -0.2) is 30.1 Å². The number of nitrogen functional groups attached to an aromatic ring is 1. The van der Waals surface area contributed by atoms with E-state index in [4.69, 9.17) is 10.8 Å². The number of hydrogen-bond acceptors (Lipinski definition) is 4. The van der Waals surface area contributed by atoms with Crippen molar-refractivity contribution < 1.29 is 14.7 Å². The SMILES string of the molecule is CC(C)CNC(=O)CCNc1cc(C(=O)O)ccc1N. The summed E-state index contributed by atoms with van der Waals surface area (Å²) in [6.45, 7) is 5.10. The fourth-order valence-electron chi connectivity index (χ4n) is 1.56. The molecule has 6 heteroatoms. The molecule has 0 unspecified atom stereocenters. The van der Waals surface area contributed by atoms with Gasteiger partial charge < -0.3 is 21.5 Å². The molecular formula is C14H21N3O3. The summed E-state index contributed by atoms with van der Waals surface area (Å²) >= 11 is 0. The first-order valence-corrected chi connectivity index (χ1v) is 6.53. The summed E-state index contributed by atoms with van der Waals surface area (Å²) in [5.74, 6) is -0.642. The highest BCUT2D eigenvalue weighted by Crippen LogP contribution is 2.19. The Balaban J connectivity index is 2.47. The van der Waals surface area contributed by atoms with Gasteiger partial charge in [0.05, 0.1) is 16.9 Å². The topological polar surface area (TPSA) is 104 Å². The molecule has 1 amide bonds. The summed E-state index contributed by atoms with van der Waals surface area (Å²) in [7, 11) is 0. The van der Waals surface area contributed by atoms with Gasteiger partial charge in [-0.3, -0.25) is 4.79 Å². The predicted molar refractivity (Wildman–Crippen MR) is 78.8 cm³/mol. The van der Waals surface area contributed by atoms with Gasteiger partial charge in [0.15, 0.2) is 0 Å². The number of nitrogens with two attached hydrogens (primary N) is 1. The van der Waals surface area contributed by atoms with Gasteiger partial charge in [-0.05, 0) is 24.1 Å². The van der Waals surface area contributed by atoms with Crippen molar-refractivity contribution >= 4 is 23.3 Å². The van der Waals surface area contributed by atoms with Crippen LogP contribution in [0.15, 0.2) is 18.2 Å². The fourth-order valence-corrected chi connectivity index (χ4v) is 1.56. The Hall–Kier alpha value is -2.24. The lowest BCUT2D eigenvalue weighted by atomic mass is 10.1. The van der Waals surface area contributed by atoms with Gasteiger partial charge in [-0.2, -0.15) is 0 Å². The zero-order valence-electron chi connectivity index (χ0n) is 11.8. The van der Waals surface area contributed by atoms with E-state index in [-0.39, 0.29) is 11.5 Å². The lowest BCUT2D eigenvalue weighted by molar-refractivity contribution is -0.120. The fraction of sp³-hybridized carbons (Fsp3) is 0.429. The van der Waals surface area contributed by atoms with E-state index in [1.165, 1.54) is 18.2 Å². The molecule has 0 saturated heterocycles. The van der Waals surface area contributed by atoms with Gasteiger partial charge in [-0.1, -0.05) is 13.8 Å². The first kappa shape index (κ1) is 15.8. The third-order valence-corrected chi connectivity index (χ3v) is 2.68. The molecule has 0 heterocycles. The lowest BCUT2D eigenvalue weighted by Crippen LogP contribution is -2.28. The van der Waals surface area contributed by atoms with Crippen LogP contribution in [0, 0.1) is 5.92 Å². The molecule has 110 valence electrons. The number of rotatable bonds is 7. The molecule has 0 bridgehead atoms. The van der Waals surface area contributed by atoms with E-state index in [0.717, 1.165) is 0 Å². The Bertz CT molecular complexity index is 487. The van der Waals surface area contributed by atoms with E-state index in [0.29, 0.717) is 36.8 Å². The summed E-state index contributed by atoms with van der Waals surface area (Å²) in [6, 6.07) is 4.44. The minimum absolute atomic E-state index is 0.0424. The van der Waals surface area contributed by atoms with Crippen LogP contribution in [-0.2, 0) is 4.79 Å². The molecule has 0 saturated carbocycles. The minimum Gasteiger partial charge on any atom is -0.478 e. The van der Waals surface area contributed by atoms with Crippen molar-refractivity contribution in [3.05, 3.63) is 23.8 Å². The second-order valence-corrected chi connectivity index (χ2v) is 4.98. The summed E-state index contributed by atoms with van der Waals surface area (Å²) in [5, 5.41) is 14.7. The van der Waals surface area contributed by atoms with Gasteiger partial charge >= 0.3 is 5.97 Å². The number of aromatic carboxylic acids is 1. The number of carbonyl (C=O) groups excluding carboxylic acids is 1. The highest BCUT2D eigenvalue weighted by Gasteiger charge is 2.07. The molecule has 0 aliphatic heterocycles. The van der Waals surface area contributed by atoms with Crippen LogP contribution in [0.1, 0.15) is 30.6 Å². The van der Waals surface area contributed by atoms with Crippen LogP contribution in [0.4, 0.5) is 11.4 Å². The Kier molecular flexibility index (Phi) is 5.83. The maximum atomic E-state index is 11.5. The first-order valence-electron chi connectivity index (χ1n) is 6.53. The third kappa shape index (κ3) is 5.17. The molecule has 6 nitrogen and oxygen atoms in total. The number of carboxylic acids is 1. The lowest BCUT2D eigenvalue weighted by Gasteiger charge is -2.11. The zero-order chi connectivity index (χ0) is 15.1. The molecule has 0 aliphatic carbocycles. The number of carbonyl (C=O) groups is 2. The highest BCUT2D eigenvalue weighted by atomic mass is 16.4. The van der Waals surface area contributed by atoms with Gasteiger partial charge in [0.25, 0.3) is 0 Å². The van der Waals surface area contributed by atoms with Crippen LogP contribution in [0.3, 0.4) is 0 Å². The van der Waals surface area contributed by atoms with Gasteiger partial charge in [-0.15, -0.1) is 0 Å². The van der Waals surface area contributed by atoms with E-state index in [9.17, 15) is 9.59 Å². The molecule has 20 heavy (non-hydrogen) atoms. The number of carboxylic acid groups (broad SMARTS) is 1. The van der Waals surface area contributed by atoms with E-state index in [1.54, 1.807) is 0 Å². The molecule has 1 aromatic rings. The number of anilines is 2. The van der Waals surface area contributed by atoms with Crippen LogP contribution < -0.4 is 16.4 Å². The summed E-state index contributed by atoms with van der Waals surface area (Å²) in [5.41, 5.74) is 6.89. The van der Waals surface area contributed by atoms with E-state index < -0.39 is 5.97 Å². The van der Waals surface area contributed by atoms with Gasteiger partial charge in [0, 0.05) is 19.5 Å². The first-order chi connectivity index (χ1) is 9.40. The van der Waals surface area contributed by atoms with Crippen molar-refractivity contribution in [3.8, 4) is 0 Å². The maximum absolute atomic E-state index is 11.5. The minimum atomic E-state index is -1.01. The van der Waals surface area contributed by atoms with Crippen molar-refractivity contribution in [2.24, 2.45) is 5.92 Å². The molecule has 1 rings (SSSR count). The normalized spacial score (nSPS) is 10.3. The molecule has 0 spiro atoms. The van der Waals surface area contributed by atoms with Gasteiger partial charge in [-0.25, -0.2) is 4.79 Å². The predicted octanol–water partition coefficient (Wildman–Crippen LogP) is 1.54. The molecule has 0 fully saturated rings. The Morgan fingerprint density at radius 2 is 2.05 bits per heavy atom. The second-order valence-electron chi connectivity index (χ2n) is 4.98. The largest absolute Gasteiger partial charge is 0.478 e. The highest BCUT2D eigenvalue weighted by molar-refractivity contribution is 5.90. The monoisotopic (exact) mass is 279 g/mol. The maximum Gasteiger partial charge on any atom is 0.335 e. The molecule has 0 atom stereocenters. The number of hydrogen-bond donors (Lipinski definition) is 4. The van der Waals surface area contributed by atoms with Crippen molar-refractivity contribution in [2.45, 2.75) is 20.3 Å². The summed E-state index contributed by atoms with van der Waals surface area (Å²) in [6.07, 6.45) is 0.309. The smallest absolute Gasteiger partial charge is 0.335 e. The number of amides is 1. The van der Waals surface area contributed by atoms with Crippen LogP contribution in [0.5, 0.6) is 0 Å². The Morgan fingerprint density at radius 1 is 1.35 bits per heavy atom. The van der Waals surface area contributed by atoms with Crippen molar-refractivity contribution in [3.63, 3.8) is 0 Å². The van der Waals surface area contributed by atoms with Crippen LogP contribution in [0.25, 0.3) is 0 Å². The number of nitrogens with one attached hydrogen (secondary N) is 2. The van der Waals surface area contributed by atoms with E-state index >= 15 is 0 Å². The van der Waals surface area contributed by atoms with Gasteiger partial charge in [0.2, 0.25) is 5.91 Å². The van der Waals surface area contributed by atoms with Gasteiger partial charge in [0.1, 0.15) is 0 Å². The van der Waals surface area contributed by atoms with Crippen molar-refractivity contribution in [2.75, 3.05) is 24.1 Å². The summed E-state index contributed by atoms with van der Waals surface area (Å²) < 4.78 is 0. The number of benzene rings is 1. The molecule has 0 radical (unpaired) electrons. The quantitative estimate of drug-likeness (QED) is 0.567. The van der Waals surface area contributed by atoms with Crippen molar-refractivity contribution in [1.82, 2.24) is 5.32 Å². The molecule has 5 N–H and O–H groups in total. The van der Waals surface area contributed by atoms with Crippen molar-refractivity contribution in [1.29, 1.82) is 0 Å². The van der Waals surface area contributed by atoms with E-state index in [1.807, 2.05) is 13.8 Å². The molecule has 1 aromatic carbocycles. The Labute approximate surface area is 118 Å². The standard InChI is InChI=1S/C14H21N3O3/c1-9(2)8-17-13(18)5-6-16-12-7-10(14(19)20)3-4-11(12)15/h3-4,7,9,16H,5-6,8,15H2,1-2H3,(H,17,18)(H,19,20). The molecule has 0 aliphatic rings. The zero-order valence-corrected chi connectivity index (χ0v) is 11.8.